The molecule has 1 heterocycles. The topological polar surface area (TPSA) is 40.5 Å². The van der Waals surface area contributed by atoms with Crippen molar-refractivity contribution in [2.24, 2.45) is 0 Å². The predicted molar refractivity (Wildman–Crippen MR) is 69.4 cm³/mol. The van der Waals surface area contributed by atoms with Gasteiger partial charge in [-0.15, -0.1) is 12.6 Å². The highest BCUT2D eigenvalue weighted by Crippen LogP contribution is 2.23. The van der Waals surface area contributed by atoms with Crippen LogP contribution in [0.1, 0.15) is 30.1 Å². The van der Waals surface area contributed by atoms with E-state index < -0.39 is 11.4 Å². The first-order valence-electron chi connectivity index (χ1n) is 5.89. The summed E-state index contributed by atoms with van der Waals surface area (Å²) < 4.78 is 13.1. The lowest BCUT2D eigenvalue weighted by atomic mass is 9.93. The van der Waals surface area contributed by atoms with E-state index in [0.717, 1.165) is 0 Å². The number of nitrogens with zero attached hydrogens (tertiary/aromatic N) is 1. The molecule has 1 aliphatic heterocycles. The summed E-state index contributed by atoms with van der Waals surface area (Å²) in [5.74, 6) is -0.572. The minimum atomic E-state index is -0.686. The molecule has 1 N–H and O–H groups in total. The van der Waals surface area contributed by atoms with Crippen molar-refractivity contribution in [2.75, 3.05) is 13.1 Å². The quantitative estimate of drug-likeness (QED) is 0.767. The van der Waals surface area contributed by atoms with Crippen molar-refractivity contribution in [3.63, 3.8) is 0 Å². The second kappa shape index (κ2) is 4.90. The Bertz CT molecular complexity index is 466. The van der Waals surface area contributed by atoms with Crippen LogP contribution in [0.5, 0.6) is 0 Å². The molecule has 1 aromatic rings. The maximum Gasteiger partial charge on any atom is 0.253 e. The number of halogens is 1. The molecule has 0 atom stereocenters. The smallest absolute Gasteiger partial charge is 0.253 e. The Morgan fingerprint density at radius 1 is 1.44 bits per heavy atom. The highest BCUT2D eigenvalue weighted by atomic mass is 32.1. The molecule has 1 aromatic carbocycles. The lowest BCUT2D eigenvalue weighted by Crippen LogP contribution is -2.45. The third-order valence-electron chi connectivity index (χ3n) is 3.32. The van der Waals surface area contributed by atoms with Crippen LogP contribution in [0.2, 0.25) is 0 Å². The molecule has 1 amide bonds. The van der Waals surface area contributed by atoms with E-state index in [4.69, 9.17) is 0 Å². The summed E-state index contributed by atoms with van der Waals surface area (Å²) in [4.78, 5) is 14.0. The van der Waals surface area contributed by atoms with E-state index in [1.54, 1.807) is 11.8 Å². The number of amides is 1. The van der Waals surface area contributed by atoms with Crippen LogP contribution in [0.3, 0.4) is 0 Å². The largest absolute Gasteiger partial charge is 0.390 e. The van der Waals surface area contributed by atoms with Gasteiger partial charge in [-0.2, -0.15) is 0 Å². The van der Waals surface area contributed by atoms with Gasteiger partial charge in [0, 0.05) is 23.5 Å². The van der Waals surface area contributed by atoms with Crippen LogP contribution in [0.4, 0.5) is 4.39 Å². The molecular weight excluding hydrogens is 253 g/mol. The third-order valence-corrected chi connectivity index (χ3v) is 3.66. The summed E-state index contributed by atoms with van der Waals surface area (Å²) in [5, 5.41) is 9.83. The number of carbonyl (C=O) groups is 1. The number of carbonyl (C=O) groups excluding carboxylic acids is 1. The molecule has 0 saturated carbocycles. The number of thiol groups is 1. The van der Waals surface area contributed by atoms with Gasteiger partial charge >= 0.3 is 0 Å². The average molecular weight is 269 g/mol. The van der Waals surface area contributed by atoms with E-state index in [1.165, 1.54) is 18.2 Å². The molecular formula is C13H16FNO2S. The first kappa shape index (κ1) is 13.4. The van der Waals surface area contributed by atoms with Crippen LogP contribution in [-0.4, -0.2) is 34.6 Å². The zero-order valence-corrected chi connectivity index (χ0v) is 11.1. The Labute approximate surface area is 111 Å². The number of likely N-dealkylation sites (tertiary alicyclic amines) is 1. The Morgan fingerprint density at radius 3 is 2.61 bits per heavy atom. The SMILES string of the molecule is CC1(O)CCN(C(=O)c2ccc(F)c(S)c2)CC1. The summed E-state index contributed by atoms with van der Waals surface area (Å²) in [5.41, 5.74) is -0.253. The van der Waals surface area contributed by atoms with Crippen LogP contribution in [0, 0.1) is 5.82 Å². The van der Waals surface area contributed by atoms with Gasteiger partial charge in [-0.25, -0.2) is 4.39 Å². The fraction of sp³-hybridized carbons (Fsp3) is 0.462. The Kier molecular flexibility index (Phi) is 3.64. The van der Waals surface area contributed by atoms with E-state index in [1.807, 2.05) is 0 Å². The molecule has 2 rings (SSSR count). The second-order valence-corrected chi connectivity index (χ2v) is 5.44. The second-order valence-electron chi connectivity index (χ2n) is 4.96. The molecule has 98 valence electrons. The molecule has 3 nitrogen and oxygen atoms in total. The predicted octanol–water partition coefficient (Wildman–Crippen LogP) is 2.10. The highest BCUT2D eigenvalue weighted by Gasteiger charge is 2.30. The summed E-state index contributed by atoms with van der Waals surface area (Å²) >= 11 is 3.97. The van der Waals surface area contributed by atoms with Gasteiger partial charge in [0.1, 0.15) is 5.82 Å². The van der Waals surface area contributed by atoms with Crippen molar-refractivity contribution < 1.29 is 14.3 Å². The molecule has 1 aliphatic rings. The standard InChI is InChI=1S/C13H16FNO2S/c1-13(17)4-6-15(7-5-13)12(16)9-2-3-10(14)11(18)8-9/h2-3,8,17-18H,4-7H2,1H3. The Morgan fingerprint density at radius 2 is 2.06 bits per heavy atom. The molecule has 0 bridgehead atoms. The van der Waals surface area contributed by atoms with Crippen LogP contribution in [0.25, 0.3) is 0 Å². The minimum absolute atomic E-state index is 0.138. The van der Waals surface area contributed by atoms with Crippen molar-refractivity contribution in [2.45, 2.75) is 30.3 Å². The van der Waals surface area contributed by atoms with Gasteiger partial charge in [-0.3, -0.25) is 4.79 Å². The maximum atomic E-state index is 13.1. The van der Waals surface area contributed by atoms with Gasteiger partial charge in [0.15, 0.2) is 0 Å². The van der Waals surface area contributed by atoms with Gasteiger partial charge < -0.3 is 10.0 Å². The van der Waals surface area contributed by atoms with Crippen molar-refractivity contribution in [3.05, 3.63) is 29.6 Å². The molecule has 0 radical (unpaired) electrons. The van der Waals surface area contributed by atoms with E-state index in [2.05, 4.69) is 12.6 Å². The first-order chi connectivity index (χ1) is 8.39. The molecule has 0 aliphatic carbocycles. The van der Waals surface area contributed by atoms with E-state index in [9.17, 15) is 14.3 Å². The molecule has 0 aromatic heterocycles. The molecule has 0 spiro atoms. The van der Waals surface area contributed by atoms with Crippen LogP contribution in [-0.2, 0) is 0 Å². The lowest BCUT2D eigenvalue weighted by molar-refractivity contribution is -0.00203. The van der Waals surface area contributed by atoms with Gasteiger partial charge in [-0.05, 0) is 38.0 Å². The van der Waals surface area contributed by atoms with Crippen molar-refractivity contribution in [3.8, 4) is 0 Å². The average Bonchev–Trinajstić information content (AvgIpc) is 2.32. The highest BCUT2D eigenvalue weighted by molar-refractivity contribution is 7.80. The van der Waals surface area contributed by atoms with Crippen molar-refractivity contribution in [1.29, 1.82) is 0 Å². The number of benzene rings is 1. The fourth-order valence-corrected chi connectivity index (χ4v) is 2.23. The van der Waals surface area contributed by atoms with Gasteiger partial charge in [0.25, 0.3) is 5.91 Å². The van der Waals surface area contributed by atoms with Crippen molar-refractivity contribution in [1.82, 2.24) is 4.90 Å². The summed E-state index contributed by atoms with van der Waals surface area (Å²) in [7, 11) is 0. The van der Waals surface area contributed by atoms with Crippen LogP contribution < -0.4 is 0 Å². The third kappa shape index (κ3) is 2.84. The first-order valence-corrected chi connectivity index (χ1v) is 6.34. The van der Waals surface area contributed by atoms with Crippen LogP contribution in [0.15, 0.2) is 23.1 Å². The zero-order chi connectivity index (χ0) is 13.3. The Hall–Kier alpha value is -1.07. The number of rotatable bonds is 1. The van der Waals surface area contributed by atoms with Gasteiger partial charge in [-0.1, -0.05) is 0 Å². The minimum Gasteiger partial charge on any atom is -0.390 e. The zero-order valence-electron chi connectivity index (χ0n) is 10.2. The van der Waals surface area contributed by atoms with Crippen molar-refractivity contribution >= 4 is 18.5 Å². The summed E-state index contributed by atoms with van der Waals surface area (Å²) in [6, 6.07) is 4.15. The Balaban J connectivity index is 2.10. The molecule has 18 heavy (non-hydrogen) atoms. The molecule has 1 fully saturated rings. The van der Waals surface area contributed by atoms with E-state index >= 15 is 0 Å². The number of piperidine rings is 1. The molecule has 5 heteroatoms. The maximum absolute atomic E-state index is 13.1. The lowest BCUT2D eigenvalue weighted by Gasteiger charge is -2.35. The van der Waals surface area contributed by atoms with E-state index in [0.29, 0.717) is 31.5 Å². The number of hydrogen-bond acceptors (Lipinski definition) is 3. The monoisotopic (exact) mass is 269 g/mol. The van der Waals surface area contributed by atoms with E-state index in [-0.39, 0.29) is 10.8 Å². The van der Waals surface area contributed by atoms with Crippen LogP contribution >= 0.6 is 12.6 Å². The fourth-order valence-electron chi connectivity index (χ4n) is 2.02. The summed E-state index contributed by atoms with van der Waals surface area (Å²) in [6.45, 7) is 2.81. The number of aliphatic hydroxyl groups is 1. The van der Waals surface area contributed by atoms with Gasteiger partial charge in [0.2, 0.25) is 0 Å². The molecule has 1 saturated heterocycles. The number of hydrogen-bond donors (Lipinski definition) is 2. The summed E-state index contributed by atoms with van der Waals surface area (Å²) in [6.07, 6.45) is 1.13. The normalized spacial score (nSPS) is 18.8. The van der Waals surface area contributed by atoms with Gasteiger partial charge in [0.05, 0.1) is 5.60 Å². The molecule has 0 unspecified atom stereocenters.